The summed E-state index contributed by atoms with van der Waals surface area (Å²) in [6.07, 6.45) is 0. The van der Waals surface area contributed by atoms with E-state index in [1.807, 2.05) is 11.4 Å². The zero-order chi connectivity index (χ0) is 21.0. The lowest BCUT2D eigenvalue weighted by Gasteiger charge is -2.10. The zero-order valence-corrected chi connectivity index (χ0v) is 18.4. The van der Waals surface area contributed by atoms with Gasteiger partial charge in [0.25, 0.3) is 5.91 Å². The molecule has 2 aromatic carbocycles. The van der Waals surface area contributed by atoms with Gasteiger partial charge >= 0.3 is 0 Å². The fourth-order valence-electron chi connectivity index (χ4n) is 2.36. The van der Waals surface area contributed by atoms with Crippen molar-refractivity contribution < 1.29 is 14.3 Å². The van der Waals surface area contributed by atoms with Crippen molar-refractivity contribution in [1.29, 1.82) is 0 Å². The molecule has 3 aromatic rings. The number of thiazole rings is 1. The molecule has 3 rings (SSSR count). The van der Waals surface area contributed by atoms with Crippen LogP contribution in [0.4, 0.5) is 5.13 Å². The van der Waals surface area contributed by atoms with Crippen LogP contribution in [-0.2, 0) is 0 Å². The molecule has 29 heavy (non-hydrogen) atoms. The lowest BCUT2D eigenvalue weighted by molar-refractivity contribution is 0.0977. The molecule has 0 aliphatic rings. The summed E-state index contributed by atoms with van der Waals surface area (Å²) in [6, 6.07) is 10.1. The number of aromatic nitrogens is 1. The third-order valence-electron chi connectivity index (χ3n) is 3.78. The highest BCUT2D eigenvalue weighted by molar-refractivity contribution is 7.80. The van der Waals surface area contributed by atoms with E-state index >= 15 is 0 Å². The largest absolute Gasteiger partial charge is 0.497 e. The first-order valence-electron chi connectivity index (χ1n) is 8.16. The van der Waals surface area contributed by atoms with Crippen LogP contribution in [0.3, 0.4) is 0 Å². The fourth-order valence-corrected chi connectivity index (χ4v) is 3.64. The summed E-state index contributed by atoms with van der Waals surface area (Å²) in [7, 11) is 3.02. The van der Waals surface area contributed by atoms with Crippen LogP contribution in [0.2, 0.25) is 10.0 Å². The number of nitrogens with zero attached hydrogens (tertiary/aromatic N) is 1. The summed E-state index contributed by atoms with van der Waals surface area (Å²) in [6.45, 7) is 0. The van der Waals surface area contributed by atoms with Gasteiger partial charge < -0.3 is 14.8 Å². The lowest BCUT2D eigenvalue weighted by atomic mass is 10.2. The molecular formula is C19H15Cl2N3O3S2. The Labute approximate surface area is 186 Å². The molecule has 0 aliphatic carbocycles. The van der Waals surface area contributed by atoms with Crippen molar-refractivity contribution in [2.45, 2.75) is 0 Å². The van der Waals surface area contributed by atoms with Gasteiger partial charge in [-0.1, -0.05) is 29.3 Å². The number of ether oxygens (including phenoxy) is 2. The highest BCUT2D eigenvalue weighted by atomic mass is 35.5. The number of benzene rings is 2. The van der Waals surface area contributed by atoms with Crippen molar-refractivity contribution in [3.05, 3.63) is 57.4 Å². The van der Waals surface area contributed by atoms with E-state index in [9.17, 15) is 4.79 Å². The molecule has 0 unspecified atom stereocenters. The van der Waals surface area contributed by atoms with E-state index in [1.165, 1.54) is 25.6 Å². The standard InChI is InChI=1S/C19H15Cl2N3O3S2/c1-26-12-5-11(6-13(8-12)27-2)17(25)23-18(28)24-19-22-16(9-29-19)10-3-4-14(20)15(21)7-10/h3-9H,1-2H3,(H2,22,23,24,25,28). The second kappa shape index (κ2) is 9.41. The van der Waals surface area contributed by atoms with Gasteiger partial charge in [0.1, 0.15) is 11.5 Å². The molecule has 10 heteroatoms. The molecule has 150 valence electrons. The maximum absolute atomic E-state index is 12.5. The zero-order valence-electron chi connectivity index (χ0n) is 15.3. The van der Waals surface area contributed by atoms with Crippen LogP contribution in [-0.4, -0.2) is 30.2 Å². The normalized spacial score (nSPS) is 10.3. The molecule has 0 spiro atoms. The SMILES string of the molecule is COc1cc(OC)cc(C(=O)NC(=S)Nc2nc(-c3ccc(Cl)c(Cl)c3)cs2)c1. The van der Waals surface area contributed by atoms with Gasteiger partial charge in [-0.3, -0.25) is 10.1 Å². The molecule has 0 aliphatic heterocycles. The Morgan fingerprint density at radius 1 is 1.07 bits per heavy atom. The number of methoxy groups -OCH3 is 2. The molecule has 2 N–H and O–H groups in total. The molecule has 1 heterocycles. The van der Waals surface area contributed by atoms with Crippen LogP contribution >= 0.6 is 46.8 Å². The first-order chi connectivity index (χ1) is 13.9. The van der Waals surface area contributed by atoms with Gasteiger partial charge in [-0.25, -0.2) is 4.98 Å². The maximum atomic E-state index is 12.5. The molecule has 0 saturated heterocycles. The predicted molar refractivity (Wildman–Crippen MR) is 121 cm³/mol. The first kappa shape index (κ1) is 21.3. The van der Waals surface area contributed by atoms with Crippen molar-refractivity contribution in [2.24, 2.45) is 0 Å². The average molecular weight is 468 g/mol. The predicted octanol–water partition coefficient (Wildman–Crippen LogP) is 5.26. The van der Waals surface area contributed by atoms with E-state index in [0.29, 0.717) is 37.9 Å². The van der Waals surface area contributed by atoms with Crippen molar-refractivity contribution in [3.63, 3.8) is 0 Å². The Morgan fingerprint density at radius 3 is 2.38 bits per heavy atom. The third-order valence-corrected chi connectivity index (χ3v) is 5.48. The van der Waals surface area contributed by atoms with Crippen molar-refractivity contribution >= 4 is 62.9 Å². The molecule has 1 amide bonds. The van der Waals surface area contributed by atoms with E-state index in [0.717, 1.165) is 5.56 Å². The summed E-state index contributed by atoms with van der Waals surface area (Å²) in [5.74, 6) is 0.597. The fraction of sp³-hybridized carbons (Fsp3) is 0.105. The minimum Gasteiger partial charge on any atom is -0.497 e. The monoisotopic (exact) mass is 467 g/mol. The summed E-state index contributed by atoms with van der Waals surface area (Å²) in [4.78, 5) is 16.9. The Balaban J connectivity index is 1.67. The third kappa shape index (κ3) is 5.36. The minimum absolute atomic E-state index is 0.117. The molecule has 0 radical (unpaired) electrons. The number of nitrogens with one attached hydrogen (secondary N) is 2. The first-order valence-corrected chi connectivity index (χ1v) is 10.2. The van der Waals surface area contributed by atoms with E-state index in [1.54, 1.807) is 30.3 Å². The van der Waals surface area contributed by atoms with Crippen LogP contribution in [0.5, 0.6) is 11.5 Å². The lowest BCUT2D eigenvalue weighted by Crippen LogP contribution is -2.34. The maximum Gasteiger partial charge on any atom is 0.257 e. The Morgan fingerprint density at radius 2 is 1.76 bits per heavy atom. The van der Waals surface area contributed by atoms with Gasteiger partial charge in [0.05, 0.1) is 30.0 Å². The average Bonchev–Trinajstić information content (AvgIpc) is 3.17. The quantitative estimate of drug-likeness (QED) is 0.498. The molecule has 0 atom stereocenters. The van der Waals surface area contributed by atoms with E-state index in [4.69, 9.17) is 44.9 Å². The van der Waals surface area contributed by atoms with Crippen LogP contribution < -0.4 is 20.1 Å². The number of carbonyl (C=O) groups excluding carboxylic acids is 1. The van der Waals surface area contributed by atoms with Gasteiger partial charge in [0.15, 0.2) is 10.2 Å². The Kier molecular flexibility index (Phi) is 6.92. The van der Waals surface area contributed by atoms with Crippen molar-refractivity contribution in [3.8, 4) is 22.8 Å². The summed E-state index contributed by atoms with van der Waals surface area (Å²) < 4.78 is 10.3. The van der Waals surface area contributed by atoms with Crippen LogP contribution in [0, 0.1) is 0 Å². The number of amides is 1. The highest BCUT2D eigenvalue weighted by Crippen LogP contribution is 2.30. The molecule has 1 aromatic heterocycles. The van der Waals surface area contributed by atoms with Gasteiger partial charge in [-0.2, -0.15) is 0 Å². The second-order valence-corrected chi connectivity index (χ2v) is 7.76. The van der Waals surface area contributed by atoms with Gasteiger partial charge in [-0.05, 0) is 36.5 Å². The summed E-state index contributed by atoms with van der Waals surface area (Å²) in [5.41, 5.74) is 1.88. The van der Waals surface area contributed by atoms with Gasteiger partial charge in [0.2, 0.25) is 0 Å². The van der Waals surface area contributed by atoms with Crippen molar-refractivity contribution in [2.75, 3.05) is 19.5 Å². The minimum atomic E-state index is -0.402. The van der Waals surface area contributed by atoms with Crippen LogP contribution in [0.25, 0.3) is 11.3 Å². The molecule has 6 nitrogen and oxygen atoms in total. The summed E-state index contributed by atoms with van der Waals surface area (Å²) >= 11 is 18.6. The molecular weight excluding hydrogens is 453 g/mol. The van der Waals surface area contributed by atoms with E-state index in [2.05, 4.69) is 15.6 Å². The Bertz CT molecular complexity index is 1050. The number of anilines is 1. The van der Waals surface area contributed by atoms with E-state index in [-0.39, 0.29) is 5.11 Å². The number of hydrogen-bond acceptors (Lipinski definition) is 6. The number of hydrogen-bond donors (Lipinski definition) is 2. The second-order valence-electron chi connectivity index (χ2n) is 5.68. The smallest absolute Gasteiger partial charge is 0.257 e. The summed E-state index contributed by atoms with van der Waals surface area (Å²) in [5, 5.41) is 8.93. The van der Waals surface area contributed by atoms with E-state index < -0.39 is 5.91 Å². The topological polar surface area (TPSA) is 72.5 Å². The van der Waals surface area contributed by atoms with Gasteiger partial charge in [-0.15, -0.1) is 11.3 Å². The molecule has 0 fully saturated rings. The molecule has 0 bridgehead atoms. The van der Waals surface area contributed by atoms with Gasteiger partial charge in [0, 0.05) is 22.6 Å². The van der Waals surface area contributed by atoms with Crippen LogP contribution in [0.15, 0.2) is 41.8 Å². The molecule has 0 saturated carbocycles. The highest BCUT2D eigenvalue weighted by Gasteiger charge is 2.13. The number of thiocarbonyl (C=S) groups is 1. The Hall–Kier alpha value is -2.39. The van der Waals surface area contributed by atoms with Crippen LogP contribution in [0.1, 0.15) is 10.4 Å². The number of carbonyl (C=O) groups is 1. The number of halogens is 2. The number of rotatable bonds is 5. The van der Waals surface area contributed by atoms with Crippen molar-refractivity contribution in [1.82, 2.24) is 10.3 Å².